The number of ketones is 1. The van der Waals surface area contributed by atoms with Crippen molar-refractivity contribution in [2.45, 2.75) is 6.42 Å². The van der Waals surface area contributed by atoms with Crippen LogP contribution in [0.15, 0.2) is 30.5 Å². The molecule has 2 aromatic rings. The predicted molar refractivity (Wildman–Crippen MR) is 69.1 cm³/mol. The molecule has 0 saturated carbocycles. The summed E-state index contributed by atoms with van der Waals surface area (Å²) in [6, 6.07) is 7.33. The Morgan fingerprint density at radius 3 is 2.89 bits per heavy atom. The molecular formula is C14H12N2O2. The Morgan fingerprint density at radius 1 is 1.33 bits per heavy atom. The van der Waals surface area contributed by atoms with E-state index in [4.69, 9.17) is 6.42 Å². The fraction of sp³-hybridized carbons (Fsp3) is 0.143. The molecule has 0 spiro atoms. The van der Waals surface area contributed by atoms with E-state index in [1.807, 2.05) is 18.2 Å². The zero-order valence-corrected chi connectivity index (χ0v) is 9.69. The molecular weight excluding hydrogens is 228 g/mol. The summed E-state index contributed by atoms with van der Waals surface area (Å²) < 4.78 is 0. The number of aromatic amines is 1. The molecule has 0 aliphatic heterocycles. The number of benzene rings is 1. The van der Waals surface area contributed by atoms with Gasteiger partial charge in [0, 0.05) is 30.1 Å². The summed E-state index contributed by atoms with van der Waals surface area (Å²) >= 11 is 0. The highest BCUT2D eigenvalue weighted by molar-refractivity contribution is 6.44. The van der Waals surface area contributed by atoms with Gasteiger partial charge in [0.25, 0.3) is 11.7 Å². The van der Waals surface area contributed by atoms with Crippen LogP contribution in [0.5, 0.6) is 0 Å². The standard InChI is InChI=1S/C14H12N2O2/c1-2-3-8-15-14(18)13(17)11-9-16-12-7-5-4-6-10(11)12/h1,4-7,9,16H,3,8H2,(H,15,18). The highest BCUT2D eigenvalue weighted by Gasteiger charge is 2.18. The summed E-state index contributed by atoms with van der Waals surface area (Å²) in [7, 11) is 0. The molecule has 4 nitrogen and oxygen atoms in total. The SMILES string of the molecule is C#CCCNC(=O)C(=O)c1c[nH]c2ccccc12. The predicted octanol–water partition coefficient (Wildman–Crippen LogP) is 1.49. The molecule has 1 aromatic carbocycles. The minimum absolute atomic E-state index is 0.309. The molecule has 0 aliphatic carbocycles. The Morgan fingerprint density at radius 2 is 2.11 bits per heavy atom. The molecule has 1 amide bonds. The highest BCUT2D eigenvalue weighted by atomic mass is 16.2. The number of carbonyl (C=O) groups excluding carboxylic acids is 2. The molecule has 90 valence electrons. The van der Waals surface area contributed by atoms with E-state index >= 15 is 0 Å². The summed E-state index contributed by atoms with van der Waals surface area (Å²) in [4.78, 5) is 26.5. The number of Topliss-reactive ketones (excluding diaryl/α,β-unsaturated/α-hetero) is 1. The van der Waals surface area contributed by atoms with E-state index in [0.29, 0.717) is 18.5 Å². The van der Waals surface area contributed by atoms with E-state index < -0.39 is 11.7 Å². The summed E-state index contributed by atoms with van der Waals surface area (Å²) in [6.07, 6.45) is 7.03. The Balaban J connectivity index is 2.19. The minimum Gasteiger partial charge on any atom is -0.360 e. The van der Waals surface area contributed by atoms with Gasteiger partial charge in [-0.2, -0.15) is 0 Å². The second-order valence-corrected chi connectivity index (χ2v) is 3.79. The van der Waals surface area contributed by atoms with Crippen LogP contribution in [0.25, 0.3) is 10.9 Å². The molecule has 1 heterocycles. The van der Waals surface area contributed by atoms with Crippen molar-refractivity contribution in [3.63, 3.8) is 0 Å². The van der Waals surface area contributed by atoms with Gasteiger partial charge in [-0.3, -0.25) is 9.59 Å². The number of hydrogen-bond donors (Lipinski definition) is 2. The van der Waals surface area contributed by atoms with Crippen molar-refractivity contribution in [1.82, 2.24) is 10.3 Å². The van der Waals surface area contributed by atoms with Gasteiger partial charge in [-0.05, 0) is 6.07 Å². The number of aromatic nitrogens is 1. The van der Waals surface area contributed by atoms with Crippen LogP contribution in [0.2, 0.25) is 0 Å². The smallest absolute Gasteiger partial charge is 0.292 e. The van der Waals surface area contributed by atoms with Crippen LogP contribution >= 0.6 is 0 Å². The van der Waals surface area contributed by atoms with Crippen molar-refractivity contribution >= 4 is 22.6 Å². The summed E-state index contributed by atoms with van der Waals surface area (Å²) in [6.45, 7) is 0.309. The number of nitrogens with one attached hydrogen (secondary N) is 2. The fourth-order valence-corrected chi connectivity index (χ4v) is 1.71. The van der Waals surface area contributed by atoms with Gasteiger partial charge in [0.15, 0.2) is 0 Å². The van der Waals surface area contributed by atoms with Crippen molar-refractivity contribution in [1.29, 1.82) is 0 Å². The van der Waals surface area contributed by atoms with E-state index in [2.05, 4.69) is 16.2 Å². The molecule has 2 rings (SSSR count). The molecule has 4 heteroatoms. The summed E-state index contributed by atoms with van der Waals surface area (Å²) in [5.41, 5.74) is 1.21. The van der Waals surface area contributed by atoms with E-state index in [1.165, 1.54) is 0 Å². The maximum atomic E-state index is 11.9. The van der Waals surface area contributed by atoms with Crippen molar-refractivity contribution in [2.75, 3.05) is 6.54 Å². The maximum Gasteiger partial charge on any atom is 0.292 e. The van der Waals surface area contributed by atoms with Crippen LogP contribution in [0.1, 0.15) is 16.8 Å². The second kappa shape index (κ2) is 5.19. The van der Waals surface area contributed by atoms with Crippen LogP contribution in [0.3, 0.4) is 0 Å². The molecule has 0 atom stereocenters. The van der Waals surface area contributed by atoms with Gasteiger partial charge in [-0.15, -0.1) is 12.3 Å². The lowest BCUT2D eigenvalue weighted by Crippen LogP contribution is -2.31. The number of fused-ring (bicyclic) bond motifs is 1. The Labute approximate surface area is 104 Å². The first-order valence-electron chi connectivity index (χ1n) is 5.56. The van der Waals surface area contributed by atoms with Gasteiger partial charge < -0.3 is 10.3 Å². The Bertz CT molecular complexity index is 635. The molecule has 0 saturated heterocycles. The third-order valence-corrected chi connectivity index (χ3v) is 2.59. The van der Waals surface area contributed by atoms with E-state index in [-0.39, 0.29) is 0 Å². The third-order valence-electron chi connectivity index (χ3n) is 2.59. The van der Waals surface area contributed by atoms with E-state index in [0.717, 1.165) is 10.9 Å². The van der Waals surface area contributed by atoms with Crippen LogP contribution in [-0.4, -0.2) is 23.2 Å². The molecule has 18 heavy (non-hydrogen) atoms. The Hall–Kier alpha value is -2.54. The zero-order valence-electron chi connectivity index (χ0n) is 9.69. The fourth-order valence-electron chi connectivity index (χ4n) is 1.71. The third kappa shape index (κ3) is 2.25. The van der Waals surface area contributed by atoms with Crippen molar-refractivity contribution in [2.24, 2.45) is 0 Å². The molecule has 0 aliphatic rings. The van der Waals surface area contributed by atoms with Crippen LogP contribution in [0.4, 0.5) is 0 Å². The lowest BCUT2D eigenvalue weighted by Gasteiger charge is -2.01. The molecule has 1 aromatic heterocycles. The largest absolute Gasteiger partial charge is 0.360 e. The monoisotopic (exact) mass is 240 g/mol. The number of rotatable bonds is 4. The Kier molecular flexibility index (Phi) is 3.44. The number of amides is 1. The van der Waals surface area contributed by atoms with Gasteiger partial charge in [0.05, 0.1) is 5.56 Å². The molecule has 2 N–H and O–H groups in total. The molecule has 0 bridgehead atoms. The lowest BCUT2D eigenvalue weighted by molar-refractivity contribution is -0.116. The minimum atomic E-state index is -0.630. The first kappa shape index (κ1) is 11.9. The summed E-state index contributed by atoms with van der Waals surface area (Å²) in [5, 5.41) is 3.24. The zero-order chi connectivity index (χ0) is 13.0. The normalized spacial score (nSPS) is 9.94. The van der Waals surface area contributed by atoms with Gasteiger partial charge in [0.1, 0.15) is 0 Å². The van der Waals surface area contributed by atoms with Gasteiger partial charge in [-0.25, -0.2) is 0 Å². The first-order valence-corrected chi connectivity index (χ1v) is 5.56. The molecule has 0 radical (unpaired) electrons. The number of carbonyl (C=O) groups is 2. The van der Waals surface area contributed by atoms with E-state index in [1.54, 1.807) is 12.3 Å². The second-order valence-electron chi connectivity index (χ2n) is 3.79. The van der Waals surface area contributed by atoms with E-state index in [9.17, 15) is 9.59 Å². The van der Waals surface area contributed by atoms with Gasteiger partial charge >= 0.3 is 0 Å². The quantitative estimate of drug-likeness (QED) is 0.368. The molecule has 0 fully saturated rings. The van der Waals surface area contributed by atoms with Crippen LogP contribution < -0.4 is 5.32 Å². The maximum absolute atomic E-state index is 11.9. The first-order chi connectivity index (χ1) is 8.74. The topological polar surface area (TPSA) is 62.0 Å². The highest BCUT2D eigenvalue weighted by Crippen LogP contribution is 2.17. The van der Waals surface area contributed by atoms with Crippen molar-refractivity contribution in [3.05, 3.63) is 36.0 Å². The van der Waals surface area contributed by atoms with Crippen molar-refractivity contribution < 1.29 is 9.59 Å². The average Bonchev–Trinajstić information content (AvgIpc) is 2.82. The number of terminal acetylenes is 1. The van der Waals surface area contributed by atoms with Gasteiger partial charge in [-0.1, -0.05) is 18.2 Å². The number of hydrogen-bond acceptors (Lipinski definition) is 2. The molecule has 0 unspecified atom stereocenters. The summed E-state index contributed by atoms with van der Waals surface area (Å²) in [5.74, 6) is 1.21. The van der Waals surface area contributed by atoms with Crippen LogP contribution in [0, 0.1) is 12.3 Å². The number of para-hydroxylation sites is 1. The average molecular weight is 240 g/mol. The van der Waals surface area contributed by atoms with Crippen molar-refractivity contribution in [3.8, 4) is 12.3 Å². The van der Waals surface area contributed by atoms with Crippen LogP contribution in [-0.2, 0) is 4.79 Å². The lowest BCUT2D eigenvalue weighted by atomic mass is 10.1. The van der Waals surface area contributed by atoms with Gasteiger partial charge in [0.2, 0.25) is 0 Å². The number of H-pyrrole nitrogens is 1.